The number of nitrogens with zero attached hydrogens (tertiary/aromatic N) is 1. The van der Waals surface area contributed by atoms with E-state index in [2.05, 4.69) is 18.0 Å². The van der Waals surface area contributed by atoms with Crippen molar-refractivity contribution in [1.29, 1.82) is 5.26 Å². The Morgan fingerprint density at radius 3 is 2.40 bits per heavy atom. The number of rotatable bonds is 6. The van der Waals surface area contributed by atoms with Gasteiger partial charge in [-0.15, -0.1) is 6.58 Å². The number of amides is 1. The summed E-state index contributed by atoms with van der Waals surface area (Å²) < 4.78 is 5.81. The molecule has 4 heteroatoms. The molecular formula is C21H20N2O2. The average Bonchev–Trinajstić information content (AvgIpc) is 3.00. The second kappa shape index (κ2) is 7.67. The zero-order valence-electron chi connectivity index (χ0n) is 13.9. The van der Waals surface area contributed by atoms with Crippen molar-refractivity contribution in [2.24, 2.45) is 5.92 Å². The lowest BCUT2D eigenvalue weighted by Crippen LogP contribution is -2.31. The molecule has 1 N–H and O–H groups in total. The lowest BCUT2D eigenvalue weighted by atomic mass is 10.0. The van der Waals surface area contributed by atoms with Crippen molar-refractivity contribution < 1.29 is 9.53 Å². The standard InChI is InChI=1S/C21H20N2O2/c1-2-3-18-12-19(23-21(18)24)14-25-20-10-8-17(9-11-20)16-6-4-15(13-22)5-7-16/h2,4-11,18-19H,1,3,12,14H2,(H,23,24)/t18-,19-/m0/s1. The van der Waals surface area contributed by atoms with Crippen LogP contribution >= 0.6 is 0 Å². The van der Waals surface area contributed by atoms with Gasteiger partial charge in [-0.25, -0.2) is 0 Å². The quantitative estimate of drug-likeness (QED) is 0.821. The molecule has 0 spiro atoms. The van der Waals surface area contributed by atoms with Crippen LogP contribution in [0, 0.1) is 17.2 Å². The lowest BCUT2D eigenvalue weighted by molar-refractivity contribution is -0.122. The fourth-order valence-electron chi connectivity index (χ4n) is 3.02. The summed E-state index contributed by atoms with van der Waals surface area (Å²) >= 11 is 0. The fraction of sp³-hybridized carbons (Fsp3) is 0.238. The molecule has 1 aliphatic rings. The summed E-state index contributed by atoms with van der Waals surface area (Å²) in [4.78, 5) is 11.8. The molecule has 0 aromatic heterocycles. The Hall–Kier alpha value is -3.06. The highest BCUT2D eigenvalue weighted by Crippen LogP contribution is 2.24. The van der Waals surface area contributed by atoms with Gasteiger partial charge in [-0.1, -0.05) is 30.3 Å². The van der Waals surface area contributed by atoms with Crippen molar-refractivity contribution in [3.05, 3.63) is 66.7 Å². The number of hydrogen-bond acceptors (Lipinski definition) is 3. The Balaban J connectivity index is 1.57. The van der Waals surface area contributed by atoms with Crippen molar-refractivity contribution in [3.8, 4) is 22.9 Å². The highest BCUT2D eigenvalue weighted by atomic mass is 16.5. The maximum atomic E-state index is 11.8. The molecule has 25 heavy (non-hydrogen) atoms. The summed E-state index contributed by atoms with van der Waals surface area (Å²) in [6.07, 6.45) is 3.28. The minimum Gasteiger partial charge on any atom is -0.491 e. The second-order valence-corrected chi connectivity index (χ2v) is 6.19. The predicted molar refractivity (Wildman–Crippen MR) is 96.9 cm³/mol. The Bertz CT molecular complexity index is 788. The molecule has 3 rings (SSSR count). The zero-order chi connectivity index (χ0) is 17.6. The van der Waals surface area contributed by atoms with E-state index in [0.29, 0.717) is 18.6 Å². The van der Waals surface area contributed by atoms with Crippen LogP contribution in [0.1, 0.15) is 18.4 Å². The van der Waals surface area contributed by atoms with Gasteiger partial charge in [0.15, 0.2) is 0 Å². The molecule has 1 aliphatic heterocycles. The number of carbonyl (C=O) groups is 1. The van der Waals surface area contributed by atoms with Gasteiger partial charge in [-0.3, -0.25) is 4.79 Å². The predicted octanol–water partition coefficient (Wildman–Crippen LogP) is 3.68. The molecule has 0 bridgehead atoms. The molecule has 0 aliphatic carbocycles. The third-order valence-electron chi connectivity index (χ3n) is 4.39. The van der Waals surface area contributed by atoms with Crippen LogP contribution in [0.3, 0.4) is 0 Å². The number of benzene rings is 2. The number of nitriles is 1. The van der Waals surface area contributed by atoms with Crippen LogP contribution in [0.5, 0.6) is 5.75 Å². The van der Waals surface area contributed by atoms with E-state index in [1.165, 1.54) is 0 Å². The number of hydrogen-bond donors (Lipinski definition) is 1. The van der Waals surface area contributed by atoms with Crippen molar-refractivity contribution in [2.75, 3.05) is 6.61 Å². The van der Waals surface area contributed by atoms with E-state index in [1.54, 1.807) is 6.08 Å². The average molecular weight is 332 g/mol. The van der Waals surface area contributed by atoms with Gasteiger partial charge < -0.3 is 10.1 Å². The van der Waals surface area contributed by atoms with Gasteiger partial charge in [0.2, 0.25) is 5.91 Å². The number of nitrogens with one attached hydrogen (secondary N) is 1. The molecule has 0 unspecified atom stereocenters. The molecular weight excluding hydrogens is 312 g/mol. The molecule has 2 atom stereocenters. The highest BCUT2D eigenvalue weighted by molar-refractivity contribution is 5.81. The SMILES string of the molecule is C=CC[C@H]1C[C@@H](COc2ccc(-c3ccc(C#N)cc3)cc2)NC1=O. The number of ether oxygens (including phenoxy) is 1. The first kappa shape index (κ1) is 16.8. The molecule has 1 heterocycles. The summed E-state index contributed by atoms with van der Waals surface area (Å²) in [5, 5.41) is 11.8. The van der Waals surface area contributed by atoms with Crippen LogP contribution in [-0.2, 0) is 4.79 Å². The van der Waals surface area contributed by atoms with E-state index in [-0.39, 0.29) is 17.9 Å². The lowest BCUT2D eigenvalue weighted by Gasteiger charge is -2.12. The van der Waals surface area contributed by atoms with Crippen molar-refractivity contribution >= 4 is 5.91 Å². The van der Waals surface area contributed by atoms with Crippen LogP contribution in [-0.4, -0.2) is 18.6 Å². The van der Waals surface area contributed by atoms with Crippen LogP contribution in [0.25, 0.3) is 11.1 Å². The van der Waals surface area contributed by atoms with Gasteiger partial charge >= 0.3 is 0 Å². The normalized spacial score (nSPS) is 19.1. The topological polar surface area (TPSA) is 62.1 Å². The number of carbonyl (C=O) groups excluding carboxylic acids is 1. The van der Waals surface area contributed by atoms with Gasteiger partial charge in [0.25, 0.3) is 0 Å². The van der Waals surface area contributed by atoms with Gasteiger partial charge in [-0.2, -0.15) is 5.26 Å². The Labute approximate surface area is 147 Å². The van der Waals surface area contributed by atoms with Crippen LogP contribution in [0.4, 0.5) is 0 Å². The second-order valence-electron chi connectivity index (χ2n) is 6.19. The third-order valence-corrected chi connectivity index (χ3v) is 4.39. The third kappa shape index (κ3) is 4.07. The van der Waals surface area contributed by atoms with E-state index in [0.717, 1.165) is 23.3 Å². The van der Waals surface area contributed by atoms with Crippen LogP contribution in [0.15, 0.2) is 61.2 Å². The van der Waals surface area contributed by atoms with E-state index >= 15 is 0 Å². The van der Waals surface area contributed by atoms with Crippen LogP contribution < -0.4 is 10.1 Å². The molecule has 2 aromatic rings. The monoisotopic (exact) mass is 332 g/mol. The maximum absolute atomic E-state index is 11.8. The van der Waals surface area contributed by atoms with Crippen LogP contribution in [0.2, 0.25) is 0 Å². The Kier molecular flexibility index (Phi) is 5.15. The molecule has 126 valence electrons. The molecule has 1 fully saturated rings. The minimum absolute atomic E-state index is 0.0184. The first-order chi connectivity index (χ1) is 12.2. The smallest absolute Gasteiger partial charge is 0.223 e. The van der Waals surface area contributed by atoms with Crippen molar-refractivity contribution in [3.63, 3.8) is 0 Å². The van der Waals surface area contributed by atoms with E-state index in [9.17, 15) is 4.79 Å². The molecule has 2 aromatic carbocycles. The molecule has 4 nitrogen and oxygen atoms in total. The summed E-state index contributed by atoms with van der Waals surface area (Å²) in [6, 6.07) is 17.5. The van der Waals surface area contributed by atoms with E-state index in [4.69, 9.17) is 10.00 Å². The summed E-state index contributed by atoms with van der Waals surface area (Å²) in [6.45, 7) is 4.16. The minimum atomic E-state index is 0.0184. The van der Waals surface area contributed by atoms with Gasteiger partial charge in [0, 0.05) is 5.92 Å². The van der Waals surface area contributed by atoms with E-state index < -0.39 is 0 Å². The van der Waals surface area contributed by atoms with Gasteiger partial charge in [0.05, 0.1) is 17.7 Å². The fourth-order valence-corrected chi connectivity index (χ4v) is 3.02. The van der Waals surface area contributed by atoms with Gasteiger partial charge in [-0.05, 0) is 48.2 Å². The first-order valence-electron chi connectivity index (χ1n) is 8.34. The first-order valence-corrected chi connectivity index (χ1v) is 8.34. The summed E-state index contributed by atoms with van der Waals surface area (Å²) in [5.41, 5.74) is 2.77. The van der Waals surface area contributed by atoms with Crippen molar-refractivity contribution in [2.45, 2.75) is 18.9 Å². The van der Waals surface area contributed by atoms with Gasteiger partial charge in [0.1, 0.15) is 12.4 Å². The van der Waals surface area contributed by atoms with Crippen molar-refractivity contribution in [1.82, 2.24) is 5.32 Å². The molecule has 0 saturated carbocycles. The highest BCUT2D eigenvalue weighted by Gasteiger charge is 2.31. The molecule has 1 amide bonds. The Morgan fingerprint density at radius 2 is 1.80 bits per heavy atom. The molecule has 1 saturated heterocycles. The largest absolute Gasteiger partial charge is 0.491 e. The summed E-state index contributed by atoms with van der Waals surface area (Å²) in [7, 11) is 0. The maximum Gasteiger partial charge on any atom is 0.223 e. The molecule has 0 radical (unpaired) electrons. The van der Waals surface area contributed by atoms with E-state index in [1.807, 2.05) is 48.5 Å². The zero-order valence-corrected chi connectivity index (χ0v) is 13.9. The summed E-state index contributed by atoms with van der Waals surface area (Å²) in [5.74, 6) is 0.883. The number of allylic oxidation sites excluding steroid dienone is 1. The Morgan fingerprint density at radius 1 is 1.16 bits per heavy atom.